The van der Waals surface area contributed by atoms with Crippen LogP contribution in [0.5, 0.6) is 0 Å². The molecule has 0 aliphatic rings. The maximum atomic E-state index is 13.6. The third-order valence-corrected chi connectivity index (χ3v) is 3.23. The van der Waals surface area contributed by atoms with E-state index in [1.165, 1.54) is 0 Å². The first-order chi connectivity index (χ1) is 10.5. The van der Waals surface area contributed by atoms with Gasteiger partial charge in [-0.3, -0.25) is 0 Å². The van der Waals surface area contributed by atoms with E-state index in [2.05, 4.69) is 10.6 Å². The van der Waals surface area contributed by atoms with Crippen LogP contribution in [0.2, 0.25) is 5.02 Å². The van der Waals surface area contributed by atoms with Gasteiger partial charge in [0, 0.05) is 6.07 Å². The van der Waals surface area contributed by atoms with Crippen LogP contribution in [0.1, 0.15) is 11.6 Å². The number of hydrogen-bond donors (Lipinski definition) is 3. The van der Waals surface area contributed by atoms with Crippen LogP contribution in [0.25, 0.3) is 0 Å². The summed E-state index contributed by atoms with van der Waals surface area (Å²) in [5.41, 5.74) is 0.358. The highest BCUT2D eigenvalue weighted by Crippen LogP contribution is 2.26. The van der Waals surface area contributed by atoms with Gasteiger partial charge in [0.2, 0.25) is 0 Å². The topological polar surface area (TPSA) is 61.4 Å². The molecule has 0 fully saturated rings. The van der Waals surface area contributed by atoms with E-state index in [4.69, 9.17) is 11.6 Å². The van der Waals surface area contributed by atoms with E-state index in [-0.39, 0.29) is 17.3 Å². The van der Waals surface area contributed by atoms with Gasteiger partial charge in [0.1, 0.15) is 5.82 Å². The first-order valence-corrected chi connectivity index (χ1v) is 6.77. The van der Waals surface area contributed by atoms with E-state index >= 15 is 0 Å². The van der Waals surface area contributed by atoms with Crippen LogP contribution in [0.4, 0.5) is 19.3 Å². The van der Waals surface area contributed by atoms with Crippen LogP contribution in [-0.2, 0) is 0 Å². The van der Waals surface area contributed by atoms with E-state index in [1.807, 2.05) is 0 Å². The van der Waals surface area contributed by atoms with E-state index < -0.39 is 23.7 Å². The Morgan fingerprint density at radius 2 is 1.91 bits per heavy atom. The van der Waals surface area contributed by atoms with E-state index in [9.17, 15) is 18.7 Å². The van der Waals surface area contributed by atoms with Crippen molar-refractivity contribution in [3.05, 3.63) is 64.7 Å². The fourth-order valence-corrected chi connectivity index (χ4v) is 2.13. The SMILES string of the molecule is O=C(Nc1c(F)cc(F)cc1Cl)NC(CO)c1ccccc1. The zero-order chi connectivity index (χ0) is 16.1. The third kappa shape index (κ3) is 3.93. The number of nitrogens with one attached hydrogen (secondary N) is 2. The number of aliphatic hydroxyl groups is 1. The number of halogens is 3. The summed E-state index contributed by atoms with van der Waals surface area (Å²) in [6, 6.07) is 8.84. The normalized spacial score (nSPS) is 11.8. The second-order valence-electron chi connectivity index (χ2n) is 4.49. The molecule has 2 aromatic carbocycles. The molecule has 2 rings (SSSR count). The fourth-order valence-electron chi connectivity index (χ4n) is 1.89. The van der Waals surface area contributed by atoms with E-state index in [1.54, 1.807) is 30.3 Å². The van der Waals surface area contributed by atoms with Crippen molar-refractivity contribution in [2.45, 2.75) is 6.04 Å². The maximum absolute atomic E-state index is 13.6. The molecule has 3 N–H and O–H groups in total. The van der Waals surface area contributed by atoms with Crippen molar-refractivity contribution in [3.63, 3.8) is 0 Å². The number of anilines is 1. The molecule has 0 saturated heterocycles. The molecule has 0 aliphatic heterocycles. The number of carbonyl (C=O) groups excluding carboxylic acids is 1. The summed E-state index contributed by atoms with van der Waals surface area (Å²) < 4.78 is 26.5. The van der Waals surface area contributed by atoms with Gasteiger partial charge < -0.3 is 15.7 Å². The Hall–Kier alpha value is -2.18. The standard InChI is InChI=1S/C15H13ClF2N2O2/c16-11-6-10(17)7-12(18)14(11)20-15(22)19-13(8-21)9-4-2-1-3-5-9/h1-7,13,21H,8H2,(H2,19,20,22). The number of carbonyl (C=O) groups is 1. The molecule has 2 amide bonds. The summed E-state index contributed by atoms with van der Waals surface area (Å²) in [6.45, 7) is -0.336. The summed E-state index contributed by atoms with van der Waals surface area (Å²) in [4.78, 5) is 11.9. The highest BCUT2D eigenvalue weighted by Gasteiger charge is 2.16. The molecule has 0 saturated carbocycles. The summed E-state index contributed by atoms with van der Waals surface area (Å²) in [5, 5.41) is 13.8. The molecule has 0 bridgehead atoms. The van der Waals surface area contributed by atoms with Crippen molar-refractivity contribution < 1.29 is 18.7 Å². The minimum Gasteiger partial charge on any atom is -0.394 e. The van der Waals surface area contributed by atoms with Crippen LogP contribution >= 0.6 is 11.6 Å². The molecule has 0 radical (unpaired) electrons. The highest BCUT2D eigenvalue weighted by atomic mass is 35.5. The number of amides is 2. The van der Waals surface area contributed by atoms with Gasteiger partial charge in [-0.1, -0.05) is 41.9 Å². The van der Waals surface area contributed by atoms with Gasteiger partial charge in [-0.15, -0.1) is 0 Å². The second-order valence-corrected chi connectivity index (χ2v) is 4.90. The van der Waals surface area contributed by atoms with Crippen LogP contribution in [0.3, 0.4) is 0 Å². The average Bonchev–Trinajstić information content (AvgIpc) is 2.49. The van der Waals surface area contributed by atoms with E-state index in [0.717, 1.165) is 6.07 Å². The van der Waals surface area contributed by atoms with Crippen molar-refractivity contribution in [1.82, 2.24) is 5.32 Å². The van der Waals surface area contributed by atoms with Crippen molar-refractivity contribution in [3.8, 4) is 0 Å². The molecule has 7 heteroatoms. The van der Waals surface area contributed by atoms with Crippen molar-refractivity contribution in [2.75, 3.05) is 11.9 Å². The molecule has 1 atom stereocenters. The molecule has 1 unspecified atom stereocenters. The van der Waals surface area contributed by atoms with Gasteiger partial charge in [0.05, 0.1) is 23.4 Å². The largest absolute Gasteiger partial charge is 0.394 e. The minimum absolute atomic E-state index is 0.257. The Morgan fingerprint density at radius 1 is 1.23 bits per heavy atom. The lowest BCUT2D eigenvalue weighted by atomic mass is 10.1. The summed E-state index contributed by atoms with van der Waals surface area (Å²) in [7, 11) is 0. The van der Waals surface area contributed by atoms with Gasteiger partial charge in [-0.2, -0.15) is 0 Å². The van der Waals surface area contributed by atoms with Crippen molar-refractivity contribution in [2.24, 2.45) is 0 Å². The monoisotopic (exact) mass is 326 g/mol. The maximum Gasteiger partial charge on any atom is 0.319 e. The van der Waals surface area contributed by atoms with E-state index in [0.29, 0.717) is 11.6 Å². The molecule has 2 aromatic rings. The predicted octanol–water partition coefficient (Wildman–Crippen LogP) is 3.47. The second kappa shape index (κ2) is 7.20. The lowest BCUT2D eigenvalue weighted by Gasteiger charge is -2.17. The van der Waals surface area contributed by atoms with Crippen molar-refractivity contribution >= 4 is 23.3 Å². The lowest BCUT2D eigenvalue weighted by Crippen LogP contribution is -2.34. The number of rotatable bonds is 4. The lowest BCUT2D eigenvalue weighted by molar-refractivity contribution is 0.225. The minimum atomic E-state index is -0.986. The number of benzene rings is 2. The van der Waals surface area contributed by atoms with Gasteiger partial charge >= 0.3 is 6.03 Å². The number of urea groups is 1. The van der Waals surface area contributed by atoms with Gasteiger partial charge in [0.15, 0.2) is 5.82 Å². The quantitative estimate of drug-likeness (QED) is 0.805. The highest BCUT2D eigenvalue weighted by molar-refractivity contribution is 6.33. The fraction of sp³-hybridized carbons (Fsp3) is 0.133. The molecule has 0 heterocycles. The Morgan fingerprint density at radius 3 is 2.50 bits per heavy atom. The Bertz CT molecular complexity index is 645. The molecular weight excluding hydrogens is 314 g/mol. The predicted molar refractivity (Wildman–Crippen MR) is 79.8 cm³/mol. The number of hydrogen-bond acceptors (Lipinski definition) is 2. The molecule has 0 spiro atoms. The summed E-state index contributed by atoms with van der Waals surface area (Å²) in [5.74, 6) is -1.83. The third-order valence-electron chi connectivity index (χ3n) is 2.94. The summed E-state index contributed by atoms with van der Waals surface area (Å²) >= 11 is 5.69. The zero-order valence-corrected chi connectivity index (χ0v) is 12.1. The smallest absolute Gasteiger partial charge is 0.319 e. The van der Waals surface area contributed by atoms with Crippen LogP contribution in [-0.4, -0.2) is 17.7 Å². The van der Waals surface area contributed by atoms with Gasteiger partial charge in [-0.25, -0.2) is 13.6 Å². The molecule has 22 heavy (non-hydrogen) atoms. The van der Waals surface area contributed by atoms with Crippen LogP contribution in [0.15, 0.2) is 42.5 Å². The molecular formula is C15H13ClF2N2O2. The number of aliphatic hydroxyl groups excluding tert-OH is 1. The first kappa shape index (κ1) is 16.2. The Balaban J connectivity index is 2.10. The molecule has 116 valence electrons. The molecule has 0 aliphatic carbocycles. The Kier molecular flexibility index (Phi) is 5.30. The Labute approximate surface area is 130 Å². The first-order valence-electron chi connectivity index (χ1n) is 6.39. The molecule has 0 aromatic heterocycles. The van der Waals surface area contributed by atoms with Gasteiger partial charge in [0.25, 0.3) is 0 Å². The van der Waals surface area contributed by atoms with Gasteiger partial charge in [-0.05, 0) is 11.6 Å². The molecule has 4 nitrogen and oxygen atoms in total. The summed E-state index contributed by atoms with van der Waals surface area (Å²) in [6.07, 6.45) is 0. The van der Waals surface area contributed by atoms with Crippen molar-refractivity contribution in [1.29, 1.82) is 0 Å². The van der Waals surface area contributed by atoms with Crippen LogP contribution in [0, 0.1) is 11.6 Å². The van der Waals surface area contributed by atoms with Crippen LogP contribution < -0.4 is 10.6 Å². The average molecular weight is 327 g/mol. The zero-order valence-electron chi connectivity index (χ0n) is 11.3.